The Balaban J connectivity index is 2.26. The molecule has 25 heavy (non-hydrogen) atoms. The summed E-state index contributed by atoms with van der Waals surface area (Å²) in [4.78, 5) is 24.7. The molecule has 0 aromatic heterocycles. The minimum absolute atomic E-state index is 0.287. The summed E-state index contributed by atoms with van der Waals surface area (Å²) in [5.41, 5.74) is 0.771. The van der Waals surface area contributed by atoms with Crippen molar-refractivity contribution in [1.29, 1.82) is 5.26 Å². The second-order valence-corrected chi connectivity index (χ2v) is 7.06. The van der Waals surface area contributed by atoms with Crippen LogP contribution in [0.2, 0.25) is 0 Å². The fraction of sp³-hybridized carbons (Fsp3) is 0.526. The van der Waals surface area contributed by atoms with E-state index in [0.717, 1.165) is 5.56 Å². The van der Waals surface area contributed by atoms with Crippen LogP contribution in [-0.2, 0) is 19.1 Å². The summed E-state index contributed by atoms with van der Waals surface area (Å²) >= 11 is 0. The Labute approximate surface area is 148 Å². The van der Waals surface area contributed by atoms with Crippen LogP contribution >= 0.6 is 0 Å². The van der Waals surface area contributed by atoms with Gasteiger partial charge in [0, 0.05) is 6.04 Å². The fourth-order valence-corrected chi connectivity index (χ4v) is 2.90. The zero-order valence-electron chi connectivity index (χ0n) is 15.0. The third kappa shape index (κ3) is 4.80. The van der Waals surface area contributed by atoms with E-state index >= 15 is 0 Å². The Morgan fingerprint density at radius 3 is 2.40 bits per heavy atom. The highest BCUT2D eigenvalue weighted by Gasteiger charge is 2.44. The molecule has 0 aliphatic carbocycles. The van der Waals surface area contributed by atoms with Crippen molar-refractivity contribution in [2.24, 2.45) is 5.92 Å². The average Bonchev–Trinajstić information content (AvgIpc) is 2.99. The number of hydrogen-bond donors (Lipinski definition) is 1. The first-order valence-electron chi connectivity index (χ1n) is 8.40. The minimum Gasteiger partial charge on any atom is -0.465 e. The number of ether oxygens (including phenoxy) is 2. The molecule has 2 rings (SSSR count). The predicted molar refractivity (Wildman–Crippen MR) is 91.4 cm³/mol. The Hall–Kier alpha value is -2.39. The van der Waals surface area contributed by atoms with Crippen LogP contribution in [0.15, 0.2) is 24.3 Å². The Morgan fingerprint density at radius 2 is 1.88 bits per heavy atom. The zero-order chi connectivity index (χ0) is 18.6. The standard InChI is InChI=1S/C19H24N2O4/c1-5-24-18(23)15-10-14(17(22)25-19(2,3)4)16(21-15)13-8-6-12(11-20)7-9-13/h6-9,14-16,21H,5,10H2,1-4H3/t14-,15-,16-/m1/s1. The summed E-state index contributed by atoms with van der Waals surface area (Å²) in [6.45, 7) is 7.47. The molecule has 1 heterocycles. The number of nitrogens with one attached hydrogen (secondary N) is 1. The molecule has 1 aliphatic rings. The van der Waals surface area contributed by atoms with Gasteiger partial charge in [-0.3, -0.25) is 14.9 Å². The SMILES string of the molecule is CCOC(=O)[C@H]1C[C@@H](C(=O)OC(C)(C)C)[C@@H](c2ccc(C#N)cc2)N1. The number of hydrogen-bond acceptors (Lipinski definition) is 6. The molecule has 1 aromatic rings. The summed E-state index contributed by atoms with van der Waals surface area (Å²) < 4.78 is 10.6. The lowest BCUT2D eigenvalue weighted by Gasteiger charge is -2.25. The fourth-order valence-electron chi connectivity index (χ4n) is 2.90. The number of rotatable bonds is 4. The lowest BCUT2D eigenvalue weighted by Crippen LogP contribution is -2.34. The zero-order valence-corrected chi connectivity index (χ0v) is 15.0. The van der Waals surface area contributed by atoms with Crippen molar-refractivity contribution >= 4 is 11.9 Å². The summed E-state index contributed by atoms with van der Waals surface area (Å²) in [5.74, 6) is -1.21. The molecule has 3 atom stereocenters. The smallest absolute Gasteiger partial charge is 0.323 e. The number of esters is 2. The molecule has 0 bridgehead atoms. The molecule has 134 valence electrons. The second kappa shape index (κ2) is 7.66. The molecule has 1 fully saturated rings. The van der Waals surface area contributed by atoms with Crippen LogP contribution in [-0.4, -0.2) is 30.2 Å². The Morgan fingerprint density at radius 1 is 1.24 bits per heavy atom. The normalized spacial score (nSPS) is 22.9. The van der Waals surface area contributed by atoms with Crippen LogP contribution in [0, 0.1) is 17.2 Å². The first kappa shape index (κ1) is 18.9. The van der Waals surface area contributed by atoms with Gasteiger partial charge in [-0.2, -0.15) is 5.26 Å². The highest BCUT2D eigenvalue weighted by Crippen LogP contribution is 2.35. The summed E-state index contributed by atoms with van der Waals surface area (Å²) in [6.07, 6.45) is 0.318. The van der Waals surface area contributed by atoms with Gasteiger partial charge >= 0.3 is 11.9 Å². The summed E-state index contributed by atoms with van der Waals surface area (Å²) in [5, 5.41) is 12.1. The van der Waals surface area contributed by atoms with E-state index in [1.165, 1.54) is 0 Å². The molecular formula is C19H24N2O4. The molecule has 6 heteroatoms. The minimum atomic E-state index is -0.603. The Bertz CT molecular complexity index is 670. The van der Waals surface area contributed by atoms with Crippen molar-refractivity contribution in [3.05, 3.63) is 35.4 Å². The lowest BCUT2D eigenvalue weighted by molar-refractivity contribution is -0.160. The average molecular weight is 344 g/mol. The molecule has 0 radical (unpaired) electrons. The first-order chi connectivity index (χ1) is 11.7. The number of carbonyl (C=O) groups is 2. The van der Waals surface area contributed by atoms with Crippen molar-refractivity contribution < 1.29 is 19.1 Å². The molecule has 1 aromatic carbocycles. The van der Waals surface area contributed by atoms with Gasteiger partial charge in [-0.1, -0.05) is 12.1 Å². The topological polar surface area (TPSA) is 88.4 Å². The largest absolute Gasteiger partial charge is 0.465 e. The van der Waals surface area contributed by atoms with Crippen LogP contribution in [0.4, 0.5) is 0 Å². The van der Waals surface area contributed by atoms with E-state index in [-0.39, 0.29) is 24.6 Å². The van der Waals surface area contributed by atoms with Gasteiger partial charge in [0.2, 0.25) is 0 Å². The van der Waals surface area contributed by atoms with Crippen molar-refractivity contribution in [2.75, 3.05) is 6.61 Å². The van der Waals surface area contributed by atoms with E-state index in [9.17, 15) is 9.59 Å². The second-order valence-electron chi connectivity index (χ2n) is 7.06. The molecule has 1 saturated heterocycles. The van der Waals surface area contributed by atoms with Crippen molar-refractivity contribution in [2.45, 2.75) is 51.8 Å². The van der Waals surface area contributed by atoms with E-state index in [2.05, 4.69) is 11.4 Å². The van der Waals surface area contributed by atoms with Crippen LogP contribution in [0.1, 0.15) is 51.3 Å². The molecule has 0 unspecified atom stereocenters. The van der Waals surface area contributed by atoms with E-state index in [4.69, 9.17) is 14.7 Å². The van der Waals surface area contributed by atoms with Crippen LogP contribution in [0.3, 0.4) is 0 Å². The van der Waals surface area contributed by atoms with Gasteiger partial charge in [0.05, 0.1) is 24.2 Å². The lowest BCUT2D eigenvalue weighted by atomic mass is 9.92. The van der Waals surface area contributed by atoms with E-state index < -0.39 is 17.6 Å². The number of carbonyl (C=O) groups excluding carboxylic acids is 2. The maximum atomic E-state index is 12.6. The molecule has 0 saturated carbocycles. The van der Waals surface area contributed by atoms with Gasteiger partial charge in [0.25, 0.3) is 0 Å². The third-order valence-electron chi connectivity index (χ3n) is 3.95. The molecule has 1 aliphatic heterocycles. The summed E-state index contributed by atoms with van der Waals surface area (Å²) in [6, 6.07) is 8.12. The first-order valence-corrected chi connectivity index (χ1v) is 8.40. The van der Waals surface area contributed by atoms with Gasteiger partial charge in [-0.25, -0.2) is 0 Å². The molecule has 0 amide bonds. The van der Waals surface area contributed by atoms with Crippen molar-refractivity contribution in [1.82, 2.24) is 5.32 Å². The van der Waals surface area contributed by atoms with Crippen LogP contribution in [0.5, 0.6) is 0 Å². The number of benzene rings is 1. The molecule has 0 spiro atoms. The van der Waals surface area contributed by atoms with Gasteiger partial charge in [0.15, 0.2) is 0 Å². The van der Waals surface area contributed by atoms with Crippen molar-refractivity contribution in [3.8, 4) is 6.07 Å². The van der Waals surface area contributed by atoms with Crippen LogP contribution in [0.25, 0.3) is 0 Å². The maximum Gasteiger partial charge on any atom is 0.323 e. The number of nitrogens with zero attached hydrogens (tertiary/aromatic N) is 1. The van der Waals surface area contributed by atoms with Gasteiger partial charge in [-0.05, 0) is 51.8 Å². The van der Waals surface area contributed by atoms with E-state index in [1.54, 1.807) is 31.2 Å². The van der Waals surface area contributed by atoms with E-state index in [0.29, 0.717) is 12.0 Å². The summed E-state index contributed by atoms with van der Waals surface area (Å²) in [7, 11) is 0. The third-order valence-corrected chi connectivity index (χ3v) is 3.95. The quantitative estimate of drug-likeness (QED) is 0.844. The Kier molecular flexibility index (Phi) is 5.81. The highest BCUT2D eigenvalue weighted by molar-refractivity contribution is 5.81. The predicted octanol–water partition coefficient (Wildman–Crippen LogP) is 2.48. The van der Waals surface area contributed by atoms with Gasteiger partial charge in [-0.15, -0.1) is 0 Å². The maximum absolute atomic E-state index is 12.6. The van der Waals surface area contributed by atoms with Crippen LogP contribution < -0.4 is 5.32 Å². The monoisotopic (exact) mass is 344 g/mol. The highest BCUT2D eigenvalue weighted by atomic mass is 16.6. The molecule has 6 nitrogen and oxygen atoms in total. The molecule has 1 N–H and O–H groups in total. The van der Waals surface area contributed by atoms with E-state index in [1.807, 2.05) is 20.8 Å². The van der Waals surface area contributed by atoms with Crippen molar-refractivity contribution in [3.63, 3.8) is 0 Å². The van der Waals surface area contributed by atoms with Gasteiger partial charge < -0.3 is 9.47 Å². The van der Waals surface area contributed by atoms with Gasteiger partial charge in [0.1, 0.15) is 11.6 Å². The number of nitriles is 1. The molecular weight excluding hydrogens is 320 g/mol.